The van der Waals surface area contributed by atoms with Gasteiger partial charge in [0.05, 0.1) is 6.61 Å². The summed E-state index contributed by atoms with van der Waals surface area (Å²) in [6, 6.07) is -0.475. The van der Waals surface area contributed by atoms with Crippen LogP contribution in [0.5, 0.6) is 0 Å². The summed E-state index contributed by atoms with van der Waals surface area (Å²) in [5, 5.41) is 11.9. The molecular weight excluding hydrogens is 256 g/mol. The number of carbonyl (C=O) groups is 2. The van der Waals surface area contributed by atoms with E-state index in [-0.39, 0.29) is 24.5 Å². The van der Waals surface area contributed by atoms with E-state index in [1.165, 1.54) is 0 Å². The van der Waals surface area contributed by atoms with Gasteiger partial charge in [0.2, 0.25) is 11.8 Å². The van der Waals surface area contributed by atoms with Crippen molar-refractivity contribution in [2.75, 3.05) is 13.2 Å². The molecule has 1 atom stereocenters. The third-order valence-electron chi connectivity index (χ3n) is 3.41. The maximum Gasteiger partial charge on any atom is 0.245 e. The summed E-state index contributed by atoms with van der Waals surface area (Å²) in [5.41, 5.74) is -0.523. The molecule has 5 nitrogen and oxygen atoms in total. The van der Waals surface area contributed by atoms with Crippen LogP contribution in [0.3, 0.4) is 0 Å². The van der Waals surface area contributed by atoms with Crippen molar-refractivity contribution >= 4 is 11.8 Å². The number of nitrogens with zero attached hydrogens (tertiary/aromatic N) is 1. The molecule has 2 amide bonds. The smallest absolute Gasteiger partial charge is 0.245 e. The van der Waals surface area contributed by atoms with Crippen LogP contribution in [0.25, 0.3) is 0 Å². The Kier molecular flexibility index (Phi) is 7.79. The fourth-order valence-electron chi connectivity index (χ4n) is 2.03. The predicted octanol–water partition coefficient (Wildman–Crippen LogP) is 1.55. The lowest BCUT2D eigenvalue weighted by molar-refractivity contribution is -0.140. The minimum atomic E-state index is -0.575. The Hall–Kier alpha value is -1.10. The lowest BCUT2D eigenvalue weighted by Crippen LogP contribution is -2.53. The standard InChI is InChI=1S/C15H30N2O3/c1-7-12(8-2)17(9-10-18)13(19)11(3)16-14(20)15(4,5)6/h11-12,18H,7-10H2,1-6H3,(H,16,20). The topological polar surface area (TPSA) is 69.6 Å². The van der Waals surface area contributed by atoms with Gasteiger partial charge in [-0.05, 0) is 19.8 Å². The van der Waals surface area contributed by atoms with E-state index in [1.807, 2.05) is 34.6 Å². The maximum absolute atomic E-state index is 12.5. The first kappa shape index (κ1) is 18.9. The van der Waals surface area contributed by atoms with Gasteiger partial charge in [0.15, 0.2) is 0 Å². The first-order valence-corrected chi connectivity index (χ1v) is 7.41. The van der Waals surface area contributed by atoms with Crippen LogP contribution >= 0.6 is 0 Å². The highest BCUT2D eigenvalue weighted by Gasteiger charge is 2.29. The summed E-state index contributed by atoms with van der Waals surface area (Å²) in [5.74, 6) is -0.280. The Morgan fingerprint density at radius 3 is 2.05 bits per heavy atom. The van der Waals surface area contributed by atoms with Gasteiger partial charge in [-0.2, -0.15) is 0 Å². The van der Waals surface area contributed by atoms with Crippen LogP contribution in [0, 0.1) is 5.41 Å². The molecule has 0 aromatic rings. The zero-order valence-electron chi connectivity index (χ0n) is 13.7. The number of aliphatic hydroxyl groups excluding tert-OH is 1. The van der Waals surface area contributed by atoms with Gasteiger partial charge < -0.3 is 15.3 Å². The summed E-state index contributed by atoms with van der Waals surface area (Å²) in [6.07, 6.45) is 1.67. The molecule has 0 aliphatic heterocycles. The van der Waals surface area contributed by atoms with Gasteiger partial charge in [-0.1, -0.05) is 34.6 Å². The molecule has 0 aromatic heterocycles. The maximum atomic E-state index is 12.5. The van der Waals surface area contributed by atoms with Crippen LogP contribution in [0.2, 0.25) is 0 Å². The Morgan fingerprint density at radius 1 is 1.20 bits per heavy atom. The normalized spacial score (nSPS) is 13.2. The third-order valence-corrected chi connectivity index (χ3v) is 3.41. The quantitative estimate of drug-likeness (QED) is 0.746. The molecule has 0 heterocycles. The number of nitrogens with one attached hydrogen (secondary N) is 1. The first-order valence-electron chi connectivity index (χ1n) is 7.41. The molecule has 0 saturated carbocycles. The summed E-state index contributed by atoms with van der Waals surface area (Å²) in [4.78, 5) is 26.1. The molecule has 20 heavy (non-hydrogen) atoms. The Balaban J connectivity index is 4.85. The molecule has 0 rings (SSSR count). The summed E-state index contributed by atoms with van der Waals surface area (Å²) < 4.78 is 0. The Labute approximate surface area is 122 Å². The van der Waals surface area contributed by atoms with Gasteiger partial charge >= 0.3 is 0 Å². The van der Waals surface area contributed by atoms with Crippen molar-refractivity contribution in [2.45, 2.75) is 66.5 Å². The van der Waals surface area contributed by atoms with Crippen LogP contribution in [-0.4, -0.2) is 47.1 Å². The highest BCUT2D eigenvalue weighted by atomic mass is 16.3. The van der Waals surface area contributed by atoms with E-state index in [0.29, 0.717) is 6.54 Å². The van der Waals surface area contributed by atoms with Crippen molar-refractivity contribution in [1.29, 1.82) is 0 Å². The molecule has 0 fully saturated rings. The van der Waals surface area contributed by atoms with E-state index in [2.05, 4.69) is 5.32 Å². The summed E-state index contributed by atoms with van der Waals surface area (Å²) >= 11 is 0. The largest absolute Gasteiger partial charge is 0.395 e. The number of rotatable bonds is 7. The SMILES string of the molecule is CCC(CC)N(CCO)C(=O)C(C)NC(=O)C(C)(C)C. The molecule has 2 N–H and O–H groups in total. The average molecular weight is 286 g/mol. The number of hydrogen-bond acceptors (Lipinski definition) is 3. The lowest BCUT2D eigenvalue weighted by Gasteiger charge is -2.33. The van der Waals surface area contributed by atoms with Gasteiger partial charge in [0, 0.05) is 18.0 Å². The zero-order chi connectivity index (χ0) is 15.9. The van der Waals surface area contributed by atoms with Crippen molar-refractivity contribution < 1.29 is 14.7 Å². The number of carbonyl (C=O) groups excluding carboxylic acids is 2. The Bertz CT molecular complexity index is 320. The minimum Gasteiger partial charge on any atom is -0.395 e. The predicted molar refractivity (Wildman–Crippen MR) is 80.2 cm³/mol. The molecule has 0 radical (unpaired) electrons. The number of hydrogen-bond donors (Lipinski definition) is 2. The Morgan fingerprint density at radius 2 is 1.70 bits per heavy atom. The van der Waals surface area contributed by atoms with Crippen LogP contribution in [0.1, 0.15) is 54.4 Å². The lowest BCUT2D eigenvalue weighted by atomic mass is 9.95. The highest BCUT2D eigenvalue weighted by molar-refractivity contribution is 5.89. The average Bonchev–Trinajstić information content (AvgIpc) is 2.36. The van der Waals surface area contributed by atoms with Crippen LogP contribution < -0.4 is 5.32 Å². The molecule has 5 heteroatoms. The summed E-state index contributed by atoms with van der Waals surface area (Å²) in [6.45, 7) is 11.4. The fraction of sp³-hybridized carbons (Fsp3) is 0.867. The minimum absolute atomic E-state index is 0.0673. The second-order valence-corrected chi connectivity index (χ2v) is 6.17. The summed E-state index contributed by atoms with van der Waals surface area (Å²) in [7, 11) is 0. The van der Waals surface area contributed by atoms with Gasteiger partial charge in [-0.25, -0.2) is 0 Å². The molecule has 1 unspecified atom stereocenters. The van der Waals surface area contributed by atoms with Gasteiger partial charge in [0.25, 0.3) is 0 Å². The monoisotopic (exact) mass is 286 g/mol. The molecule has 0 bridgehead atoms. The van der Waals surface area contributed by atoms with Gasteiger partial charge in [0.1, 0.15) is 6.04 Å². The molecule has 0 aliphatic carbocycles. The van der Waals surface area contributed by atoms with E-state index in [0.717, 1.165) is 12.8 Å². The van der Waals surface area contributed by atoms with E-state index >= 15 is 0 Å². The first-order chi connectivity index (χ1) is 9.18. The van der Waals surface area contributed by atoms with Crippen molar-refractivity contribution in [1.82, 2.24) is 10.2 Å². The van der Waals surface area contributed by atoms with Crippen molar-refractivity contribution in [3.63, 3.8) is 0 Å². The van der Waals surface area contributed by atoms with E-state index in [9.17, 15) is 9.59 Å². The van der Waals surface area contributed by atoms with E-state index in [1.54, 1.807) is 11.8 Å². The van der Waals surface area contributed by atoms with Crippen molar-refractivity contribution in [2.24, 2.45) is 5.41 Å². The highest BCUT2D eigenvalue weighted by Crippen LogP contribution is 2.14. The van der Waals surface area contributed by atoms with Crippen molar-refractivity contribution in [3.05, 3.63) is 0 Å². The van der Waals surface area contributed by atoms with Crippen LogP contribution in [0.15, 0.2) is 0 Å². The van der Waals surface area contributed by atoms with Crippen LogP contribution in [-0.2, 0) is 9.59 Å². The van der Waals surface area contributed by atoms with Crippen molar-refractivity contribution in [3.8, 4) is 0 Å². The molecular formula is C15H30N2O3. The number of aliphatic hydroxyl groups is 1. The van der Waals surface area contributed by atoms with Gasteiger partial charge in [-0.15, -0.1) is 0 Å². The van der Waals surface area contributed by atoms with E-state index < -0.39 is 11.5 Å². The third kappa shape index (κ3) is 5.49. The number of amides is 2. The van der Waals surface area contributed by atoms with E-state index in [4.69, 9.17) is 5.11 Å². The molecule has 0 aromatic carbocycles. The molecule has 0 spiro atoms. The second kappa shape index (κ2) is 8.25. The second-order valence-electron chi connectivity index (χ2n) is 6.17. The zero-order valence-corrected chi connectivity index (χ0v) is 13.7. The fourth-order valence-corrected chi connectivity index (χ4v) is 2.03. The molecule has 0 saturated heterocycles. The van der Waals surface area contributed by atoms with Crippen LogP contribution in [0.4, 0.5) is 0 Å². The molecule has 0 aliphatic rings. The van der Waals surface area contributed by atoms with Gasteiger partial charge in [-0.3, -0.25) is 9.59 Å². The molecule has 118 valence electrons.